The van der Waals surface area contributed by atoms with Crippen LogP contribution in [0.1, 0.15) is 18.7 Å². The van der Waals surface area contributed by atoms with Gasteiger partial charge in [-0.05, 0) is 31.9 Å². The number of halogens is 1. The van der Waals surface area contributed by atoms with E-state index in [9.17, 15) is 0 Å². The zero-order chi connectivity index (χ0) is 17.0. The van der Waals surface area contributed by atoms with Crippen molar-refractivity contribution in [2.24, 2.45) is 4.99 Å². The fraction of sp³-hybridized carbons (Fsp3) is 0.444. The van der Waals surface area contributed by atoms with Gasteiger partial charge >= 0.3 is 0 Å². The second-order valence-corrected chi connectivity index (χ2v) is 5.46. The lowest BCUT2D eigenvalue weighted by molar-refractivity contribution is 0.322. The van der Waals surface area contributed by atoms with Crippen molar-refractivity contribution in [3.8, 4) is 5.75 Å². The number of aliphatic imine (C=N–C) groups is 1. The van der Waals surface area contributed by atoms with E-state index in [1.807, 2.05) is 49.6 Å². The Bertz CT molecular complexity index is 615. The molecule has 0 saturated heterocycles. The smallest absolute Gasteiger partial charge is 0.191 e. The van der Waals surface area contributed by atoms with E-state index in [1.54, 1.807) is 7.05 Å². The molecular weight excluding hydrogens is 429 g/mol. The summed E-state index contributed by atoms with van der Waals surface area (Å²) in [4.78, 5) is 8.44. The number of hydrogen-bond acceptors (Lipinski definition) is 3. The van der Waals surface area contributed by atoms with Crippen LogP contribution in [0.15, 0.2) is 47.7 Å². The number of nitrogens with one attached hydrogen (secondary N) is 2. The largest absolute Gasteiger partial charge is 0.492 e. The molecule has 0 bridgehead atoms. The molecule has 1 aromatic carbocycles. The summed E-state index contributed by atoms with van der Waals surface area (Å²) in [5.74, 6) is 2.77. The normalized spacial score (nSPS) is 10.9. The zero-order valence-electron chi connectivity index (χ0n) is 14.9. The van der Waals surface area contributed by atoms with Gasteiger partial charge in [-0.3, -0.25) is 4.99 Å². The molecule has 2 N–H and O–H groups in total. The second kappa shape index (κ2) is 12.6. The van der Waals surface area contributed by atoms with Crippen LogP contribution in [0.25, 0.3) is 0 Å². The van der Waals surface area contributed by atoms with E-state index >= 15 is 0 Å². The number of benzene rings is 1. The summed E-state index contributed by atoms with van der Waals surface area (Å²) in [6, 6.07) is 9.82. The highest BCUT2D eigenvalue weighted by molar-refractivity contribution is 14.0. The number of guanidine groups is 1. The van der Waals surface area contributed by atoms with E-state index in [4.69, 9.17) is 4.74 Å². The molecule has 0 amide bonds. The van der Waals surface area contributed by atoms with Gasteiger partial charge in [-0.15, -0.1) is 24.0 Å². The van der Waals surface area contributed by atoms with Gasteiger partial charge in [0, 0.05) is 32.5 Å². The van der Waals surface area contributed by atoms with Crippen molar-refractivity contribution in [3.63, 3.8) is 0 Å². The summed E-state index contributed by atoms with van der Waals surface area (Å²) < 4.78 is 7.82. The molecule has 25 heavy (non-hydrogen) atoms. The van der Waals surface area contributed by atoms with Crippen LogP contribution in [0.5, 0.6) is 5.75 Å². The van der Waals surface area contributed by atoms with E-state index in [-0.39, 0.29) is 24.0 Å². The molecule has 138 valence electrons. The molecule has 1 aromatic heterocycles. The first-order valence-electron chi connectivity index (χ1n) is 8.39. The molecule has 0 fully saturated rings. The Morgan fingerprint density at radius 3 is 2.60 bits per heavy atom. The van der Waals surface area contributed by atoms with Crippen LogP contribution in [0.3, 0.4) is 0 Å². The van der Waals surface area contributed by atoms with Gasteiger partial charge < -0.3 is 19.9 Å². The van der Waals surface area contributed by atoms with Gasteiger partial charge in [0.15, 0.2) is 5.96 Å². The van der Waals surface area contributed by atoms with Crippen molar-refractivity contribution in [1.29, 1.82) is 0 Å². The third-order valence-electron chi connectivity index (χ3n) is 3.67. The van der Waals surface area contributed by atoms with E-state index in [0.717, 1.165) is 43.5 Å². The number of rotatable bonds is 9. The van der Waals surface area contributed by atoms with Crippen LogP contribution in [0, 0.1) is 6.92 Å². The number of aryl methyl sites for hydroxylation is 2. The molecule has 7 heteroatoms. The quantitative estimate of drug-likeness (QED) is 0.263. The van der Waals surface area contributed by atoms with Crippen LogP contribution >= 0.6 is 24.0 Å². The highest BCUT2D eigenvalue weighted by Crippen LogP contribution is 2.07. The number of para-hydroxylation sites is 1. The lowest BCUT2D eigenvalue weighted by Crippen LogP contribution is -2.39. The average molecular weight is 457 g/mol. The third kappa shape index (κ3) is 8.24. The van der Waals surface area contributed by atoms with Crippen molar-refractivity contribution in [2.75, 3.05) is 26.7 Å². The molecule has 0 unspecified atom stereocenters. The first kappa shape index (κ1) is 21.3. The Balaban J connectivity index is 0.00000312. The van der Waals surface area contributed by atoms with E-state index < -0.39 is 0 Å². The molecule has 0 saturated carbocycles. The fourth-order valence-electron chi connectivity index (χ4n) is 2.33. The molecular formula is C18H28IN5O. The number of imidazole rings is 1. The fourth-order valence-corrected chi connectivity index (χ4v) is 2.33. The maximum absolute atomic E-state index is 5.64. The predicted molar refractivity (Wildman–Crippen MR) is 113 cm³/mol. The number of hydrogen-bond donors (Lipinski definition) is 2. The first-order chi connectivity index (χ1) is 11.8. The second-order valence-electron chi connectivity index (χ2n) is 5.46. The van der Waals surface area contributed by atoms with Crippen molar-refractivity contribution in [1.82, 2.24) is 20.2 Å². The predicted octanol–water partition coefficient (Wildman–Crippen LogP) is 2.83. The van der Waals surface area contributed by atoms with Crippen LogP contribution in [0.2, 0.25) is 0 Å². The molecule has 6 nitrogen and oxygen atoms in total. The van der Waals surface area contributed by atoms with Gasteiger partial charge in [-0.25, -0.2) is 4.98 Å². The number of aromatic nitrogens is 2. The van der Waals surface area contributed by atoms with Crippen LogP contribution in [-0.2, 0) is 6.54 Å². The molecule has 0 aliphatic carbocycles. The van der Waals surface area contributed by atoms with Crippen molar-refractivity contribution < 1.29 is 4.74 Å². The summed E-state index contributed by atoms with van der Waals surface area (Å²) in [7, 11) is 1.78. The summed E-state index contributed by atoms with van der Waals surface area (Å²) in [5, 5.41) is 6.57. The van der Waals surface area contributed by atoms with E-state index in [1.165, 1.54) is 0 Å². The van der Waals surface area contributed by atoms with Gasteiger partial charge in [0.1, 0.15) is 18.2 Å². The topological polar surface area (TPSA) is 63.5 Å². The van der Waals surface area contributed by atoms with Gasteiger partial charge in [-0.2, -0.15) is 0 Å². The summed E-state index contributed by atoms with van der Waals surface area (Å²) >= 11 is 0. The summed E-state index contributed by atoms with van der Waals surface area (Å²) in [6.07, 6.45) is 6.06. The van der Waals surface area contributed by atoms with Crippen LogP contribution in [0.4, 0.5) is 0 Å². The van der Waals surface area contributed by atoms with Crippen LogP contribution in [-0.4, -0.2) is 42.3 Å². The minimum atomic E-state index is 0. The Morgan fingerprint density at radius 1 is 1.16 bits per heavy atom. The van der Waals surface area contributed by atoms with Crippen molar-refractivity contribution in [2.45, 2.75) is 26.3 Å². The third-order valence-corrected chi connectivity index (χ3v) is 3.67. The lowest BCUT2D eigenvalue weighted by atomic mass is 10.3. The van der Waals surface area contributed by atoms with Crippen LogP contribution < -0.4 is 15.4 Å². The number of unbranched alkanes of at least 4 members (excludes halogenated alkanes) is 1. The maximum Gasteiger partial charge on any atom is 0.191 e. The average Bonchev–Trinajstić information content (AvgIpc) is 3.02. The van der Waals surface area contributed by atoms with Gasteiger partial charge in [0.2, 0.25) is 0 Å². The molecule has 2 rings (SSSR count). The lowest BCUT2D eigenvalue weighted by Gasteiger charge is -2.12. The standard InChI is InChI=1S/C18H27N5O.HI/c1-16-20-11-14-23(16)13-7-6-10-21-18(19-2)22-12-15-24-17-8-4-3-5-9-17;/h3-5,8-9,11,14H,6-7,10,12-13,15H2,1-2H3,(H2,19,21,22);1H. The minimum Gasteiger partial charge on any atom is -0.492 e. The molecule has 0 radical (unpaired) electrons. The number of nitrogens with zero attached hydrogens (tertiary/aromatic N) is 3. The monoisotopic (exact) mass is 457 g/mol. The Hall–Kier alpha value is -1.77. The van der Waals surface area contributed by atoms with Gasteiger partial charge in [0.05, 0.1) is 6.54 Å². The van der Waals surface area contributed by atoms with Crippen molar-refractivity contribution in [3.05, 3.63) is 48.5 Å². The van der Waals surface area contributed by atoms with Gasteiger partial charge in [-0.1, -0.05) is 18.2 Å². The molecule has 2 aromatic rings. The Morgan fingerprint density at radius 2 is 1.92 bits per heavy atom. The SMILES string of the molecule is CN=C(NCCCCn1ccnc1C)NCCOc1ccccc1.I. The minimum absolute atomic E-state index is 0. The molecule has 0 aliphatic rings. The van der Waals surface area contributed by atoms with E-state index in [0.29, 0.717) is 13.2 Å². The Labute approximate surface area is 167 Å². The highest BCUT2D eigenvalue weighted by Gasteiger charge is 1.99. The summed E-state index contributed by atoms with van der Waals surface area (Å²) in [6.45, 7) is 5.24. The van der Waals surface area contributed by atoms with Gasteiger partial charge in [0.25, 0.3) is 0 Å². The maximum atomic E-state index is 5.64. The Kier molecular flexibility index (Phi) is 10.7. The highest BCUT2D eigenvalue weighted by atomic mass is 127. The number of ether oxygens (including phenoxy) is 1. The molecule has 0 spiro atoms. The first-order valence-corrected chi connectivity index (χ1v) is 8.39. The zero-order valence-corrected chi connectivity index (χ0v) is 17.3. The molecule has 1 heterocycles. The van der Waals surface area contributed by atoms with E-state index in [2.05, 4.69) is 25.2 Å². The summed E-state index contributed by atoms with van der Waals surface area (Å²) in [5.41, 5.74) is 0. The molecule has 0 atom stereocenters. The van der Waals surface area contributed by atoms with Crippen molar-refractivity contribution >= 4 is 29.9 Å². The molecule has 0 aliphatic heterocycles.